The van der Waals surface area contributed by atoms with Crippen molar-refractivity contribution in [2.24, 2.45) is 5.92 Å². The second kappa shape index (κ2) is 12.4. The maximum Gasteiger partial charge on any atom is 0.390 e. The Morgan fingerprint density at radius 1 is 1.22 bits per heavy atom. The number of carbonyl (C=O) groups excluding carboxylic acids is 2. The molecule has 0 unspecified atom stereocenters. The number of amides is 2. The van der Waals surface area contributed by atoms with Crippen molar-refractivity contribution < 1.29 is 32.2 Å². The molecule has 2 heterocycles. The summed E-state index contributed by atoms with van der Waals surface area (Å²) in [5.74, 6) is -0.644. The van der Waals surface area contributed by atoms with Crippen LogP contribution in [0.4, 0.5) is 18.9 Å². The number of pyridine rings is 1. The fraction of sp³-hybridized carbons (Fsp3) is 0.500. The first-order valence-corrected chi connectivity index (χ1v) is 12.1. The van der Waals surface area contributed by atoms with E-state index < -0.39 is 24.6 Å². The molecule has 1 aliphatic rings. The molecule has 1 aromatic heterocycles. The van der Waals surface area contributed by atoms with Crippen molar-refractivity contribution in [3.05, 3.63) is 53.9 Å². The van der Waals surface area contributed by atoms with E-state index in [0.29, 0.717) is 12.2 Å². The fourth-order valence-electron chi connectivity index (χ4n) is 4.20. The lowest BCUT2D eigenvalue weighted by Crippen LogP contribution is -2.47. The van der Waals surface area contributed by atoms with Gasteiger partial charge in [0, 0.05) is 51.7 Å². The number of nitrogens with one attached hydrogen (secondary N) is 1. The summed E-state index contributed by atoms with van der Waals surface area (Å²) in [6, 6.07) is 9.31. The van der Waals surface area contributed by atoms with Crippen LogP contribution in [-0.4, -0.2) is 85.3 Å². The van der Waals surface area contributed by atoms with Gasteiger partial charge in [-0.15, -0.1) is 0 Å². The van der Waals surface area contributed by atoms with Gasteiger partial charge in [0.25, 0.3) is 11.8 Å². The molecular formula is C26H33F3N4O4. The van der Waals surface area contributed by atoms with Crippen LogP contribution in [0.2, 0.25) is 0 Å². The highest BCUT2D eigenvalue weighted by Gasteiger charge is 2.32. The SMILES string of the molecule is CO[C@@H]1CN(C)C(=O)c2cc(NC(=O)c3ccccn3)ccc2OC[C@@H](C)N(CCC(F)(F)F)C[C@H]1C. The fourth-order valence-corrected chi connectivity index (χ4v) is 4.20. The number of rotatable bonds is 5. The van der Waals surface area contributed by atoms with E-state index in [9.17, 15) is 22.8 Å². The number of hydrogen-bond acceptors (Lipinski definition) is 6. The zero-order valence-corrected chi connectivity index (χ0v) is 21.4. The van der Waals surface area contributed by atoms with Gasteiger partial charge in [-0.25, -0.2) is 0 Å². The number of halogens is 3. The summed E-state index contributed by atoms with van der Waals surface area (Å²) < 4.78 is 50.6. The molecule has 11 heteroatoms. The molecular weight excluding hydrogens is 489 g/mol. The minimum Gasteiger partial charge on any atom is -0.491 e. The maximum atomic E-state index is 13.4. The van der Waals surface area contributed by atoms with Crippen molar-refractivity contribution >= 4 is 17.5 Å². The predicted octanol–water partition coefficient (Wildman–Crippen LogP) is 4.09. The van der Waals surface area contributed by atoms with Crippen molar-refractivity contribution in [1.29, 1.82) is 0 Å². The first-order valence-electron chi connectivity index (χ1n) is 12.1. The smallest absolute Gasteiger partial charge is 0.390 e. The van der Waals surface area contributed by atoms with Crippen LogP contribution < -0.4 is 10.1 Å². The van der Waals surface area contributed by atoms with E-state index in [1.165, 1.54) is 24.3 Å². The second-order valence-electron chi connectivity index (χ2n) is 9.34. The Hall–Kier alpha value is -3.18. The Labute approximate surface area is 214 Å². The van der Waals surface area contributed by atoms with Gasteiger partial charge >= 0.3 is 6.18 Å². The Balaban J connectivity index is 1.90. The predicted molar refractivity (Wildman–Crippen MR) is 133 cm³/mol. The van der Waals surface area contributed by atoms with Gasteiger partial charge in [0.2, 0.25) is 0 Å². The first-order chi connectivity index (χ1) is 17.5. The van der Waals surface area contributed by atoms with E-state index in [1.807, 2.05) is 6.92 Å². The molecule has 37 heavy (non-hydrogen) atoms. The number of anilines is 1. The molecule has 0 aliphatic carbocycles. The number of benzene rings is 1. The number of ether oxygens (including phenoxy) is 2. The highest BCUT2D eigenvalue weighted by Crippen LogP contribution is 2.27. The highest BCUT2D eigenvalue weighted by atomic mass is 19.4. The average Bonchev–Trinajstić information content (AvgIpc) is 2.87. The number of nitrogens with zero attached hydrogens (tertiary/aromatic N) is 3. The molecule has 1 aliphatic heterocycles. The molecule has 2 amide bonds. The zero-order chi connectivity index (χ0) is 27.2. The summed E-state index contributed by atoms with van der Waals surface area (Å²) in [5, 5.41) is 2.74. The van der Waals surface area contributed by atoms with Gasteiger partial charge in [0.1, 0.15) is 18.1 Å². The maximum absolute atomic E-state index is 13.4. The molecule has 0 bridgehead atoms. The van der Waals surface area contributed by atoms with Crippen molar-refractivity contribution in [1.82, 2.24) is 14.8 Å². The topological polar surface area (TPSA) is 84.0 Å². The Kier molecular flexibility index (Phi) is 9.50. The summed E-state index contributed by atoms with van der Waals surface area (Å²) in [6.45, 7) is 4.17. The van der Waals surface area contributed by atoms with Crippen LogP contribution in [0.3, 0.4) is 0 Å². The molecule has 1 aromatic carbocycles. The standard InChI is InChI=1S/C26H33F3N4O4/c1-17-14-33(12-10-26(27,28)29)18(2)16-37-22-9-8-19(31-24(34)21-7-5-6-11-30-21)13-20(22)25(35)32(3)15-23(17)36-4/h5-9,11,13,17-18,23H,10,12,14-16H2,1-4H3,(H,31,34)/t17-,18-,23-/m1/s1. The number of aromatic nitrogens is 1. The summed E-state index contributed by atoms with van der Waals surface area (Å²) in [7, 11) is 3.15. The number of fused-ring (bicyclic) bond motifs is 1. The molecule has 0 fully saturated rings. The van der Waals surface area contributed by atoms with Gasteiger partial charge in [-0.3, -0.25) is 19.5 Å². The summed E-state index contributed by atoms with van der Waals surface area (Å²) in [4.78, 5) is 33.2. The van der Waals surface area contributed by atoms with E-state index in [0.717, 1.165) is 0 Å². The molecule has 0 saturated carbocycles. The second-order valence-corrected chi connectivity index (χ2v) is 9.34. The van der Waals surface area contributed by atoms with Crippen LogP contribution in [-0.2, 0) is 4.74 Å². The van der Waals surface area contributed by atoms with Gasteiger partial charge in [0.15, 0.2) is 0 Å². The molecule has 202 valence electrons. The van der Waals surface area contributed by atoms with Crippen LogP contribution in [0, 0.1) is 5.92 Å². The van der Waals surface area contributed by atoms with Crippen molar-refractivity contribution in [3.63, 3.8) is 0 Å². The molecule has 8 nitrogen and oxygen atoms in total. The Morgan fingerprint density at radius 2 is 1.97 bits per heavy atom. The lowest BCUT2D eigenvalue weighted by Gasteiger charge is -2.36. The van der Waals surface area contributed by atoms with E-state index in [4.69, 9.17) is 9.47 Å². The minimum atomic E-state index is -4.27. The average molecular weight is 523 g/mol. The number of carbonyl (C=O) groups is 2. The molecule has 1 N–H and O–H groups in total. The quantitative estimate of drug-likeness (QED) is 0.637. The molecule has 3 rings (SSSR count). The zero-order valence-electron chi connectivity index (χ0n) is 21.4. The van der Waals surface area contributed by atoms with E-state index in [-0.39, 0.29) is 54.6 Å². The molecule has 0 saturated heterocycles. The Bertz CT molecular complexity index is 1070. The van der Waals surface area contributed by atoms with Gasteiger partial charge in [-0.1, -0.05) is 13.0 Å². The van der Waals surface area contributed by atoms with Crippen molar-refractivity contribution in [2.45, 2.75) is 38.6 Å². The number of alkyl halides is 3. The third-order valence-electron chi connectivity index (χ3n) is 6.41. The monoisotopic (exact) mass is 522 g/mol. The minimum absolute atomic E-state index is 0.0753. The van der Waals surface area contributed by atoms with Crippen LogP contribution >= 0.6 is 0 Å². The van der Waals surface area contributed by atoms with Crippen molar-refractivity contribution in [2.75, 3.05) is 45.7 Å². The van der Waals surface area contributed by atoms with Crippen LogP contribution in [0.25, 0.3) is 0 Å². The van der Waals surface area contributed by atoms with Crippen LogP contribution in [0.15, 0.2) is 42.6 Å². The molecule has 3 atom stereocenters. The summed E-state index contributed by atoms with van der Waals surface area (Å²) in [5.41, 5.74) is 0.821. The van der Waals surface area contributed by atoms with Gasteiger partial charge < -0.3 is 19.7 Å². The summed E-state index contributed by atoms with van der Waals surface area (Å²) in [6.07, 6.45) is -4.10. The molecule has 0 spiro atoms. The third kappa shape index (κ3) is 7.90. The van der Waals surface area contributed by atoms with Gasteiger partial charge in [0.05, 0.1) is 18.1 Å². The molecule has 0 radical (unpaired) electrons. The van der Waals surface area contributed by atoms with Crippen LogP contribution in [0.1, 0.15) is 41.1 Å². The van der Waals surface area contributed by atoms with E-state index in [2.05, 4.69) is 10.3 Å². The van der Waals surface area contributed by atoms with Crippen LogP contribution in [0.5, 0.6) is 5.75 Å². The Morgan fingerprint density at radius 3 is 2.62 bits per heavy atom. The van der Waals surface area contributed by atoms with E-state index >= 15 is 0 Å². The number of hydrogen-bond donors (Lipinski definition) is 1. The summed E-state index contributed by atoms with van der Waals surface area (Å²) >= 11 is 0. The largest absolute Gasteiger partial charge is 0.491 e. The third-order valence-corrected chi connectivity index (χ3v) is 6.41. The molecule has 2 aromatic rings. The number of likely N-dealkylation sites (N-methyl/N-ethyl adjacent to an activating group) is 1. The van der Waals surface area contributed by atoms with E-state index in [1.54, 1.807) is 49.2 Å². The van der Waals surface area contributed by atoms with Gasteiger partial charge in [-0.2, -0.15) is 13.2 Å². The van der Waals surface area contributed by atoms with Gasteiger partial charge in [-0.05, 0) is 43.2 Å². The number of methoxy groups -OCH3 is 1. The first kappa shape index (κ1) is 28.4. The lowest BCUT2D eigenvalue weighted by molar-refractivity contribution is -0.140. The lowest BCUT2D eigenvalue weighted by atomic mass is 10.0. The van der Waals surface area contributed by atoms with Crippen molar-refractivity contribution in [3.8, 4) is 5.75 Å². The highest BCUT2D eigenvalue weighted by molar-refractivity contribution is 6.04. The normalized spacial score (nSPS) is 21.9.